The normalized spacial score (nSPS) is 19.4. The number of ether oxygens (including phenoxy) is 5. The Morgan fingerprint density at radius 3 is 0.959 bits per heavy atom. The fourth-order valence-electron chi connectivity index (χ4n) is 17.8. The van der Waals surface area contributed by atoms with E-state index in [0.29, 0.717) is 87.7 Å². The summed E-state index contributed by atoms with van der Waals surface area (Å²) in [7, 11) is 3.13. The number of carboxylic acids is 1. The third-order valence-electron chi connectivity index (χ3n) is 26.5. The first-order chi connectivity index (χ1) is 69.5. The number of carbonyl (C=O) groups excluding carboxylic acids is 5. The van der Waals surface area contributed by atoms with E-state index in [2.05, 4.69) is 170 Å². The Morgan fingerprint density at radius 2 is 0.692 bits per heavy atom. The Balaban J connectivity index is 0.000000146. The number of aryl methyl sites for hydroxylation is 6. The van der Waals surface area contributed by atoms with E-state index in [0.717, 1.165) is 243 Å². The van der Waals surface area contributed by atoms with Crippen LogP contribution in [0.15, 0.2) is 50.8 Å². The van der Waals surface area contributed by atoms with Crippen molar-refractivity contribution < 1.29 is 66.9 Å². The monoisotopic (exact) mass is 2130 g/mol. The lowest BCUT2D eigenvalue weighted by Crippen LogP contribution is -2.41. The van der Waals surface area contributed by atoms with E-state index in [4.69, 9.17) is 53.1 Å². The van der Waals surface area contributed by atoms with Crippen LogP contribution in [-0.4, -0.2) is 321 Å². The van der Waals surface area contributed by atoms with Gasteiger partial charge in [-0.1, -0.05) is 19.5 Å². The van der Waals surface area contributed by atoms with Crippen molar-refractivity contribution in [3.8, 4) is 0 Å². The Labute approximate surface area is 868 Å². The van der Waals surface area contributed by atoms with Gasteiger partial charge in [0.15, 0.2) is 88.7 Å². The fraction of sp³-hybridized carbons (Fsp3) is 0.650. The molecule has 19 rings (SSSR count). The van der Waals surface area contributed by atoms with Gasteiger partial charge in [0.1, 0.15) is 71.7 Å². The van der Waals surface area contributed by atoms with Crippen LogP contribution in [-0.2, 0) is 99.4 Å². The number of fused-ring (bicyclic) bond motifs is 5. The smallest absolute Gasteiger partial charge is 0.481 e. The standard InChI is InChI=1S/C19H30N6O3.2C18H26N6O2.C17H24N6O.C16H23IN6O2.C8H15BO2.C4H6O2/c1-6-25-14(8-10-27-5)23-15-16(20-12-21-17(15)25)22-13-7-9-24(11-13)18(26)28-19(2,3)4;1-3-24-14(7-9-26-2)22-15-16(19-11-20-17(15)24)21-13-6-8-23(10-13)18(25)12-4-5-12;1-6-13-22-14-15(19-11-20-16(14)24(13)7-2)21-12-8-9-23(10-12)17(25)26-18(3,4)5;1-3-13-21-14-15(18-10-19-16(14)23(13)4-2)20-12-7-8-22(9-12)17(24)11-5-6-11;1-5-23-13-11(21-14(23)17)12(18-9-19-13)20-10-6-7-22(8-10)15(24)25-16(2,3)4;1-6-9-10-7(2,3)8(4,5)11-9;5-4(6)3-1-2-3/h12-13H,6-11H2,1-5H3,(H,20,21,22);11-13H,3-10H2,1-2H3,(H,19,20,21);6,11-12H,1,7-10H2,2-5H3,(H,19,20,21);10-12H,3-9H2,1-2H3,(H,18,19,20);9-10H,5-8H2,1-4H3,(H,18,19,20);6H,1H2,2-5H3;3H,1-2H2,(H,5,6)/t2*13-;2*12-;10-;;/m00000../s1. The number of aromatic nitrogens is 20. The third kappa shape index (κ3) is 28.5. The van der Waals surface area contributed by atoms with Gasteiger partial charge in [-0.15, -0.1) is 6.58 Å². The van der Waals surface area contributed by atoms with Gasteiger partial charge < -0.3 is 112 Å². The maximum Gasteiger partial charge on any atom is 0.486 e. The Hall–Kier alpha value is -11.9. The Bertz CT molecular complexity index is 6170. The largest absolute Gasteiger partial charge is 0.486 e. The van der Waals surface area contributed by atoms with E-state index in [-0.39, 0.29) is 78.6 Å². The van der Waals surface area contributed by atoms with E-state index in [1.54, 1.807) is 66.3 Å². The molecule has 146 heavy (non-hydrogen) atoms. The van der Waals surface area contributed by atoms with Gasteiger partial charge in [0.25, 0.3) is 0 Å². The van der Waals surface area contributed by atoms with E-state index < -0.39 is 22.8 Å². The number of hydrogen-bond donors (Lipinski definition) is 6. The van der Waals surface area contributed by atoms with Crippen LogP contribution in [0.25, 0.3) is 61.9 Å². The van der Waals surface area contributed by atoms with Crippen LogP contribution in [0.5, 0.6) is 0 Å². The number of amides is 5. The molecule has 0 spiro atoms. The molecular weight excluding hydrogens is 1980 g/mol. The molecule has 3 saturated carbocycles. The lowest BCUT2D eigenvalue weighted by atomic mass is 9.90. The second-order valence-corrected chi connectivity index (χ2v) is 42.7. The summed E-state index contributed by atoms with van der Waals surface area (Å²) >= 11 is 2.21. The molecule has 6 N–H and O–H groups in total. The highest BCUT2D eigenvalue weighted by Crippen LogP contribution is 2.39. The van der Waals surface area contributed by atoms with Gasteiger partial charge in [-0.25, -0.2) is 89.1 Å². The number of halogens is 1. The molecule has 5 atom stereocenters. The zero-order valence-electron chi connectivity index (χ0n) is 88.9. The van der Waals surface area contributed by atoms with E-state index >= 15 is 0 Å². The number of rotatable bonds is 27. The predicted octanol–water partition coefficient (Wildman–Crippen LogP) is 13.8. The first-order valence-electron chi connectivity index (χ1n) is 51.4. The molecule has 10 aromatic heterocycles. The summed E-state index contributed by atoms with van der Waals surface area (Å²) in [6.07, 6.45) is 21.5. The summed E-state index contributed by atoms with van der Waals surface area (Å²) in [6, 6.07) is 0.766. The van der Waals surface area contributed by atoms with Crippen LogP contribution in [0.3, 0.4) is 0 Å². The van der Waals surface area contributed by atoms with Crippen LogP contribution >= 0.6 is 22.6 Å². The van der Waals surface area contributed by atoms with Crippen LogP contribution in [0.4, 0.5) is 43.5 Å². The van der Waals surface area contributed by atoms with Gasteiger partial charge in [-0.05, 0) is 201 Å². The quantitative estimate of drug-likeness (QED) is 0.0120. The second-order valence-electron chi connectivity index (χ2n) is 41.7. The molecule has 46 heteroatoms. The Morgan fingerprint density at radius 1 is 0.411 bits per heavy atom. The highest BCUT2D eigenvalue weighted by molar-refractivity contribution is 14.1. The van der Waals surface area contributed by atoms with Gasteiger partial charge >= 0.3 is 31.4 Å². The number of methoxy groups -OCH3 is 2. The molecule has 44 nitrogen and oxygen atoms in total. The summed E-state index contributed by atoms with van der Waals surface area (Å²) in [5, 5.41) is 25.3. The fourth-order valence-corrected chi connectivity index (χ4v) is 18.7. The van der Waals surface area contributed by atoms with Crippen molar-refractivity contribution in [3.05, 3.63) is 77.9 Å². The minimum Gasteiger partial charge on any atom is -0.481 e. The molecule has 6 saturated heterocycles. The Kier molecular flexibility index (Phi) is 37.2. The molecule has 0 bridgehead atoms. The molecule has 16 heterocycles. The van der Waals surface area contributed by atoms with Crippen molar-refractivity contribution in [2.75, 3.05) is 119 Å². The molecule has 9 aliphatic rings. The molecule has 0 unspecified atom stereocenters. The van der Waals surface area contributed by atoms with Gasteiger partial charge in [-0.3, -0.25) is 14.4 Å². The molecular formula is C100H150BIN30O14. The molecule has 5 amide bonds. The molecule has 3 aliphatic carbocycles. The lowest BCUT2D eigenvalue weighted by Gasteiger charge is -2.32. The van der Waals surface area contributed by atoms with E-state index in [1.165, 1.54) is 6.33 Å². The van der Waals surface area contributed by atoms with Crippen molar-refractivity contribution in [2.45, 2.75) is 312 Å². The highest BCUT2D eigenvalue weighted by atomic mass is 127. The summed E-state index contributed by atoms with van der Waals surface area (Å²) in [5.41, 5.74) is 6.11. The number of carboxylic acid groups (broad SMARTS) is 1. The third-order valence-corrected chi connectivity index (χ3v) is 27.3. The van der Waals surface area contributed by atoms with Gasteiger partial charge in [0.05, 0.1) is 30.3 Å². The number of aliphatic carboxylic acids is 1. The SMILES string of the molecule is C=CB1OC(C)(C)C(C)(C)O1.C=Cc1nc2c(N[C@H]3CCN(C(=O)OC(C)(C)C)C3)ncnc2n1CC.CCc1nc2c(N[C@H]3CCN(C(=O)C4CC4)C3)ncnc2n1CC.CCn1c(CCOC)nc2c(N[C@H]3CCN(C(=O)C4CC4)C3)ncnc21.CCn1c(CCOC)nc2c(N[C@H]3CCN(C(=O)OC(C)(C)C)C3)ncnc21.CCn1c(I)nc2c(N[C@H]3CCN(C(=O)OC(C)(C)C)C3)ncnc21.O=C(O)C1CC1. The summed E-state index contributed by atoms with van der Waals surface area (Å²) < 4.78 is 49.2. The molecule has 794 valence electrons. The van der Waals surface area contributed by atoms with Crippen molar-refractivity contribution in [1.29, 1.82) is 0 Å². The molecule has 6 aliphatic heterocycles. The van der Waals surface area contributed by atoms with Crippen LogP contribution < -0.4 is 26.6 Å². The number of hydrogen-bond acceptors (Lipinski definition) is 33. The first-order valence-corrected chi connectivity index (χ1v) is 52.4. The van der Waals surface area contributed by atoms with Crippen LogP contribution in [0.2, 0.25) is 0 Å². The van der Waals surface area contributed by atoms with E-state index in [9.17, 15) is 28.8 Å². The van der Waals surface area contributed by atoms with Crippen molar-refractivity contribution >= 4 is 157 Å². The van der Waals surface area contributed by atoms with Crippen molar-refractivity contribution in [1.82, 2.24) is 122 Å². The average molecular weight is 2130 g/mol. The summed E-state index contributed by atoms with van der Waals surface area (Å²) in [4.78, 5) is 147. The number of imidazole rings is 5. The minimum atomic E-state index is -0.630. The summed E-state index contributed by atoms with van der Waals surface area (Å²) in [5.74, 6) is 9.63. The highest BCUT2D eigenvalue weighted by Gasteiger charge is 2.50. The molecule has 10 aromatic rings. The number of anilines is 5. The van der Waals surface area contributed by atoms with Gasteiger partial charge in [0, 0.05) is 196 Å². The molecule has 0 aromatic carbocycles. The maximum absolute atomic E-state index is 12.3. The van der Waals surface area contributed by atoms with Crippen molar-refractivity contribution in [3.63, 3.8) is 0 Å². The van der Waals surface area contributed by atoms with Crippen LogP contribution in [0, 0.1) is 21.6 Å². The zero-order chi connectivity index (χ0) is 105. The average Bonchev–Trinajstić information content (AvgIpc) is 1.65. The van der Waals surface area contributed by atoms with Crippen molar-refractivity contribution in [2.24, 2.45) is 17.8 Å². The van der Waals surface area contributed by atoms with Gasteiger partial charge in [-0.2, -0.15) is 0 Å². The topological polar surface area (TPSA) is 482 Å². The predicted molar refractivity (Wildman–Crippen MR) is 567 cm³/mol. The second kappa shape index (κ2) is 48.8. The molecule has 9 fully saturated rings. The first kappa shape index (κ1) is 111. The van der Waals surface area contributed by atoms with Crippen LogP contribution in [0.1, 0.15) is 225 Å². The number of nitrogens with one attached hydrogen (secondary N) is 5. The zero-order valence-corrected chi connectivity index (χ0v) is 91.0. The number of likely N-dealkylation sites (tertiary alicyclic amines) is 5. The number of nitrogens with zero attached hydrogens (tertiary/aromatic N) is 25. The lowest BCUT2D eigenvalue weighted by molar-refractivity contribution is -0.138. The van der Waals surface area contributed by atoms with Gasteiger partial charge in [0.2, 0.25) is 11.8 Å². The summed E-state index contributed by atoms with van der Waals surface area (Å²) in [6.45, 7) is 57.0. The number of carbonyl (C=O) groups is 6. The minimum absolute atomic E-state index is 0.0185. The maximum atomic E-state index is 12.3. The van der Waals surface area contributed by atoms with E-state index in [1.807, 2.05) is 116 Å². The molecule has 0 radical (unpaired) electrons.